The van der Waals surface area contributed by atoms with Gasteiger partial charge in [-0.2, -0.15) is 0 Å². The van der Waals surface area contributed by atoms with Crippen molar-refractivity contribution in [1.82, 2.24) is 4.57 Å². The predicted octanol–water partition coefficient (Wildman–Crippen LogP) is 6.26. The van der Waals surface area contributed by atoms with E-state index in [-0.39, 0.29) is 5.78 Å². The molecular formula is C30H23N3O5S. The highest BCUT2D eigenvalue weighted by Gasteiger charge is 2.17. The molecule has 0 aliphatic carbocycles. The van der Waals surface area contributed by atoms with Crippen LogP contribution in [0.15, 0.2) is 88.5 Å². The van der Waals surface area contributed by atoms with Gasteiger partial charge in [-0.05, 0) is 72.0 Å². The average molecular weight is 538 g/mol. The Morgan fingerprint density at radius 3 is 2.13 bits per heavy atom. The monoisotopic (exact) mass is 537 g/mol. The number of benzene rings is 3. The van der Waals surface area contributed by atoms with E-state index >= 15 is 0 Å². The molecule has 194 valence electrons. The summed E-state index contributed by atoms with van der Waals surface area (Å²) in [7, 11) is 0. The van der Waals surface area contributed by atoms with Gasteiger partial charge in [-0.3, -0.25) is 4.79 Å². The van der Waals surface area contributed by atoms with E-state index < -0.39 is 11.9 Å². The number of rotatable bonds is 7. The molecule has 39 heavy (non-hydrogen) atoms. The van der Waals surface area contributed by atoms with Crippen LogP contribution >= 0.6 is 11.3 Å². The average Bonchev–Trinajstić information content (AvgIpc) is 3.57. The highest BCUT2D eigenvalue weighted by molar-refractivity contribution is 7.12. The second-order valence-electron chi connectivity index (χ2n) is 8.77. The minimum absolute atomic E-state index is 0.0349. The molecule has 0 atom stereocenters. The van der Waals surface area contributed by atoms with Gasteiger partial charge in [0.1, 0.15) is 0 Å². The molecule has 0 amide bonds. The third-order valence-electron chi connectivity index (χ3n) is 6.03. The van der Waals surface area contributed by atoms with Crippen LogP contribution in [0.25, 0.3) is 27.5 Å². The summed E-state index contributed by atoms with van der Waals surface area (Å²) in [6.45, 7) is 4.36. The van der Waals surface area contributed by atoms with Gasteiger partial charge in [-0.25, -0.2) is 9.59 Å². The topological polar surface area (TPSA) is 99.3 Å². The van der Waals surface area contributed by atoms with Crippen molar-refractivity contribution in [3.05, 3.63) is 99.7 Å². The summed E-state index contributed by atoms with van der Waals surface area (Å²) < 4.78 is 2.11. The fourth-order valence-corrected chi connectivity index (χ4v) is 4.97. The Bertz CT molecular complexity index is 1780. The Hall–Kier alpha value is -4.89. The van der Waals surface area contributed by atoms with Crippen molar-refractivity contribution in [3.63, 3.8) is 0 Å². The lowest BCUT2D eigenvalue weighted by atomic mass is 10.0. The third kappa shape index (κ3) is 5.39. The van der Waals surface area contributed by atoms with E-state index in [1.165, 1.54) is 31.4 Å². The standard InChI is InChI=1S/C30H23N3O5S/c1-18(32-38-20(3)35)22-7-10-24(11-8-22)33-27-12-6-21(17-31-37-19(2)34)15-25(27)26-16-23(9-13-28(26)33)30(36)29-5-4-14-39-29/h4-17H,1-3H3/b31-17+,32-18?. The van der Waals surface area contributed by atoms with Crippen LogP contribution in [-0.2, 0) is 19.3 Å². The molecule has 2 heterocycles. The third-order valence-corrected chi connectivity index (χ3v) is 6.90. The van der Waals surface area contributed by atoms with Crippen LogP contribution in [0.5, 0.6) is 0 Å². The molecular weight excluding hydrogens is 514 g/mol. The second-order valence-corrected chi connectivity index (χ2v) is 9.72. The smallest absolute Gasteiger partial charge is 0.319 e. The summed E-state index contributed by atoms with van der Waals surface area (Å²) >= 11 is 1.41. The molecule has 0 N–H and O–H groups in total. The van der Waals surface area contributed by atoms with Gasteiger partial charge >= 0.3 is 11.9 Å². The van der Waals surface area contributed by atoms with Crippen LogP contribution in [0.2, 0.25) is 0 Å². The molecule has 0 unspecified atom stereocenters. The Kier molecular flexibility index (Phi) is 7.16. The quantitative estimate of drug-likeness (QED) is 0.106. The van der Waals surface area contributed by atoms with E-state index in [9.17, 15) is 14.4 Å². The summed E-state index contributed by atoms with van der Waals surface area (Å²) in [4.78, 5) is 45.5. The minimum atomic E-state index is -0.503. The Labute approximate surface area is 227 Å². The molecule has 0 bridgehead atoms. The summed E-state index contributed by atoms with van der Waals surface area (Å²) in [5.74, 6) is -1.02. The van der Waals surface area contributed by atoms with Crippen molar-refractivity contribution in [1.29, 1.82) is 0 Å². The number of aromatic nitrogens is 1. The highest BCUT2D eigenvalue weighted by Crippen LogP contribution is 2.34. The molecule has 0 aliphatic heterocycles. The number of thiophene rings is 1. The first-order chi connectivity index (χ1) is 18.8. The van der Waals surface area contributed by atoms with Crippen LogP contribution in [0, 0.1) is 0 Å². The maximum atomic E-state index is 13.1. The molecule has 5 aromatic rings. The van der Waals surface area contributed by atoms with E-state index in [0.717, 1.165) is 38.6 Å². The number of fused-ring (bicyclic) bond motifs is 3. The molecule has 0 saturated carbocycles. The van der Waals surface area contributed by atoms with E-state index in [2.05, 4.69) is 14.9 Å². The second kappa shape index (κ2) is 10.8. The lowest BCUT2D eigenvalue weighted by Crippen LogP contribution is -2.01. The zero-order valence-corrected chi connectivity index (χ0v) is 22.2. The SMILES string of the molecule is CC(=O)ON=C(C)c1ccc(-n2c3ccc(/C=N/OC(C)=O)cc3c3cc(C(=O)c4cccs4)ccc32)cc1. The Morgan fingerprint density at radius 1 is 0.795 bits per heavy atom. The summed E-state index contributed by atoms with van der Waals surface area (Å²) in [5.41, 5.74) is 5.47. The van der Waals surface area contributed by atoms with Gasteiger partial charge in [0.15, 0.2) is 0 Å². The normalized spacial score (nSPS) is 11.8. The molecule has 0 spiro atoms. The van der Waals surface area contributed by atoms with Gasteiger partial charge in [0, 0.05) is 35.9 Å². The molecule has 0 aliphatic rings. The Morgan fingerprint density at radius 2 is 1.46 bits per heavy atom. The highest BCUT2D eigenvalue weighted by atomic mass is 32.1. The van der Waals surface area contributed by atoms with Crippen LogP contribution in [0.4, 0.5) is 0 Å². The van der Waals surface area contributed by atoms with Crippen molar-refractivity contribution in [2.75, 3.05) is 0 Å². The van der Waals surface area contributed by atoms with Crippen molar-refractivity contribution < 1.29 is 24.1 Å². The van der Waals surface area contributed by atoms with Gasteiger partial charge in [-0.15, -0.1) is 11.3 Å². The van der Waals surface area contributed by atoms with Gasteiger partial charge in [0.05, 0.1) is 27.8 Å². The van der Waals surface area contributed by atoms with Crippen LogP contribution < -0.4 is 0 Å². The first-order valence-corrected chi connectivity index (χ1v) is 12.9. The first-order valence-electron chi connectivity index (χ1n) is 12.0. The van der Waals surface area contributed by atoms with Crippen molar-refractivity contribution in [3.8, 4) is 5.69 Å². The van der Waals surface area contributed by atoms with Crippen molar-refractivity contribution in [2.24, 2.45) is 10.3 Å². The molecule has 8 nitrogen and oxygen atoms in total. The summed E-state index contributed by atoms with van der Waals surface area (Å²) in [6, 6.07) is 22.9. The molecule has 0 saturated heterocycles. The fourth-order valence-electron chi connectivity index (χ4n) is 4.29. The van der Waals surface area contributed by atoms with E-state index in [1.54, 1.807) is 6.92 Å². The fraction of sp³-hybridized carbons (Fsp3) is 0.100. The molecule has 5 rings (SSSR count). The number of oxime groups is 2. The number of carbonyl (C=O) groups excluding carboxylic acids is 3. The van der Waals surface area contributed by atoms with Gasteiger partial charge in [-0.1, -0.05) is 34.6 Å². The lowest BCUT2D eigenvalue weighted by Gasteiger charge is -2.09. The van der Waals surface area contributed by atoms with Crippen LogP contribution in [0.1, 0.15) is 47.1 Å². The van der Waals surface area contributed by atoms with Crippen molar-refractivity contribution in [2.45, 2.75) is 20.8 Å². The van der Waals surface area contributed by atoms with Crippen LogP contribution in [-0.4, -0.2) is 34.2 Å². The molecule has 3 aromatic carbocycles. The summed E-state index contributed by atoms with van der Waals surface area (Å²) in [5, 5.41) is 11.3. The predicted molar refractivity (Wildman–Crippen MR) is 152 cm³/mol. The molecule has 9 heteroatoms. The van der Waals surface area contributed by atoms with Crippen molar-refractivity contribution >= 4 is 62.8 Å². The van der Waals surface area contributed by atoms with Gasteiger partial charge in [0.2, 0.25) is 5.78 Å². The maximum absolute atomic E-state index is 13.1. The largest absolute Gasteiger partial charge is 0.331 e. The van der Waals surface area contributed by atoms with Gasteiger partial charge < -0.3 is 14.2 Å². The van der Waals surface area contributed by atoms with Crippen LogP contribution in [0.3, 0.4) is 0 Å². The number of carbonyl (C=O) groups is 3. The van der Waals surface area contributed by atoms with Gasteiger partial charge in [0.25, 0.3) is 0 Å². The zero-order valence-electron chi connectivity index (χ0n) is 21.4. The number of hydrogen-bond acceptors (Lipinski definition) is 8. The maximum Gasteiger partial charge on any atom is 0.331 e. The molecule has 0 radical (unpaired) electrons. The van der Waals surface area contributed by atoms with E-state index in [1.807, 2.05) is 78.2 Å². The lowest BCUT2D eigenvalue weighted by molar-refractivity contribution is -0.141. The Balaban J connectivity index is 1.64. The number of hydrogen-bond donors (Lipinski definition) is 0. The number of nitrogens with zero attached hydrogens (tertiary/aromatic N) is 3. The minimum Gasteiger partial charge on any atom is -0.319 e. The zero-order chi connectivity index (χ0) is 27.5. The molecule has 0 fully saturated rings. The number of ketones is 1. The first kappa shape index (κ1) is 25.7. The van der Waals surface area contributed by atoms with E-state index in [4.69, 9.17) is 9.68 Å². The molecule has 2 aromatic heterocycles. The van der Waals surface area contributed by atoms with E-state index in [0.29, 0.717) is 16.2 Å². The summed E-state index contributed by atoms with van der Waals surface area (Å²) in [6.07, 6.45) is 1.48.